The third kappa shape index (κ3) is 6.53. The van der Waals surface area contributed by atoms with Gasteiger partial charge in [0.2, 0.25) is 0 Å². The molecule has 0 saturated carbocycles. The number of nitrogens with zero attached hydrogens (tertiary/aromatic N) is 1. The van der Waals surface area contributed by atoms with Crippen LogP contribution in [0, 0.1) is 11.3 Å². The SMILES string of the molecule is CCOC(=O)CN/C=C(/C#N)C(=O)NC(C)CC. The maximum atomic E-state index is 11.6. The fourth-order valence-electron chi connectivity index (χ4n) is 1.00. The summed E-state index contributed by atoms with van der Waals surface area (Å²) in [6.45, 7) is 5.70. The van der Waals surface area contributed by atoms with E-state index in [0.29, 0.717) is 6.61 Å². The predicted octanol–water partition coefficient (Wildman–Crippen LogP) is 0.461. The van der Waals surface area contributed by atoms with Gasteiger partial charge in [-0.1, -0.05) is 6.92 Å². The van der Waals surface area contributed by atoms with E-state index < -0.39 is 11.9 Å². The Labute approximate surface area is 107 Å². The molecule has 0 aromatic heterocycles. The van der Waals surface area contributed by atoms with Gasteiger partial charge in [0.05, 0.1) is 6.61 Å². The second-order valence-corrected chi connectivity index (χ2v) is 3.64. The highest BCUT2D eigenvalue weighted by atomic mass is 16.5. The smallest absolute Gasteiger partial charge is 0.325 e. The molecule has 0 aliphatic carbocycles. The fourth-order valence-corrected chi connectivity index (χ4v) is 1.00. The van der Waals surface area contributed by atoms with Crippen molar-refractivity contribution in [3.63, 3.8) is 0 Å². The van der Waals surface area contributed by atoms with E-state index in [1.54, 1.807) is 13.0 Å². The first-order valence-corrected chi connectivity index (χ1v) is 5.85. The van der Waals surface area contributed by atoms with Crippen molar-refractivity contribution in [3.8, 4) is 6.07 Å². The van der Waals surface area contributed by atoms with Crippen LogP contribution in [0.15, 0.2) is 11.8 Å². The Bertz CT molecular complexity index is 358. The van der Waals surface area contributed by atoms with Gasteiger partial charge in [-0.15, -0.1) is 0 Å². The van der Waals surface area contributed by atoms with Crippen molar-refractivity contribution in [1.29, 1.82) is 5.26 Å². The molecule has 0 aliphatic rings. The highest BCUT2D eigenvalue weighted by molar-refractivity contribution is 5.97. The zero-order chi connectivity index (χ0) is 14.0. The largest absolute Gasteiger partial charge is 0.465 e. The molecule has 0 radical (unpaired) electrons. The Morgan fingerprint density at radius 1 is 1.44 bits per heavy atom. The van der Waals surface area contributed by atoms with Crippen LogP contribution < -0.4 is 10.6 Å². The molecule has 6 nitrogen and oxygen atoms in total. The van der Waals surface area contributed by atoms with Gasteiger partial charge in [0.15, 0.2) is 0 Å². The summed E-state index contributed by atoms with van der Waals surface area (Å²) in [6.07, 6.45) is 2.00. The van der Waals surface area contributed by atoms with Crippen LogP contribution in [-0.4, -0.2) is 31.1 Å². The Morgan fingerprint density at radius 3 is 2.61 bits per heavy atom. The van der Waals surface area contributed by atoms with Crippen molar-refractivity contribution < 1.29 is 14.3 Å². The van der Waals surface area contributed by atoms with Crippen molar-refractivity contribution >= 4 is 11.9 Å². The predicted molar refractivity (Wildman–Crippen MR) is 66.2 cm³/mol. The lowest BCUT2D eigenvalue weighted by Gasteiger charge is -2.10. The van der Waals surface area contributed by atoms with Gasteiger partial charge in [0.1, 0.15) is 18.2 Å². The number of hydrogen-bond acceptors (Lipinski definition) is 5. The summed E-state index contributed by atoms with van der Waals surface area (Å²) >= 11 is 0. The summed E-state index contributed by atoms with van der Waals surface area (Å²) < 4.78 is 4.69. The Balaban J connectivity index is 4.28. The summed E-state index contributed by atoms with van der Waals surface area (Å²) in [7, 11) is 0. The molecule has 1 atom stereocenters. The van der Waals surface area contributed by atoms with E-state index in [1.165, 1.54) is 6.20 Å². The molecule has 0 heterocycles. The number of carbonyl (C=O) groups excluding carboxylic acids is 2. The van der Waals surface area contributed by atoms with Crippen LogP contribution in [-0.2, 0) is 14.3 Å². The van der Waals surface area contributed by atoms with Crippen molar-refractivity contribution in [1.82, 2.24) is 10.6 Å². The minimum atomic E-state index is -0.455. The zero-order valence-corrected chi connectivity index (χ0v) is 10.9. The van der Waals surface area contributed by atoms with Gasteiger partial charge in [0, 0.05) is 12.2 Å². The van der Waals surface area contributed by atoms with E-state index in [9.17, 15) is 9.59 Å². The zero-order valence-electron chi connectivity index (χ0n) is 10.9. The molecule has 0 saturated heterocycles. The Morgan fingerprint density at radius 2 is 2.11 bits per heavy atom. The minimum Gasteiger partial charge on any atom is -0.465 e. The number of carbonyl (C=O) groups is 2. The van der Waals surface area contributed by atoms with Gasteiger partial charge in [-0.3, -0.25) is 9.59 Å². The average Bonchev–Trinajstić information content (AvgIpc) is 2.34. The van der Waals surface area contributed by atoms with Crippen molar-refractivity contribution in [2.24, 2.45) is 0 Å². The first-order valence-electron chi connectivity index (χ1n) is 5.85. The molecule has 0 aromatic rings. The molecule has 1 unspecified atom stereocenters. The third-order valence-corrected chi connectivity index (χ3v) is 2.15. The van der Waals surface area contributed by atoms with Crippen molar-refractivity contribution in [2.45, 2.75) is 33.2 Å². The topological polar surface area (TPSA) is 91.2 Å². The van der Waals surface area contributed by atoms with Crippen LogP contribution in [0.25, 0.3) is 0 Å². The Hall–Kier alpha value is -2.03. The molecule has 1 amide bonds. The summed E-state index contributed by atoms with van der Waals surface area (Å²) in [5.41, 5.74) is -0.0698. The standard InChI is InChI=1S/C12H19N3O3/c1-4-9(3)15-12(17)10(6-13)7-14-8-11(16)18-5-2/h7,9,14H,4-5,8H2,1-3H3,(H,15,17)/b10-7-. The van der Waals surface area contributed by atoms with Gasteiger partial charge in [0.25, 0.3) is 5.91 Å². The highest BCUT2D eigenvalue weighted by Gasteiger charge is 2.11. The van der Waals surface area contributed by atoms with Crippen LogP contribution in [0.5, 0.6) is 0 Å². The lowest BCUT2D eigenvalue weighted by molar-refractivity contribution is -0.141. The maximum absolute atomic E-state index is 11.6. The van der Waals surface area contributed by atoms with E-state index in [4.69, 9.17) is 5.26 Å². The molecule has 0 fully saturated rings. The Kier molecular flexibility index (Phi) is 8.03. The number of nitrogens with one attached hydrogen (secondary N) is 2. The lowest BCUT2D eigenvalue weighted by atomic mass is 10.2. The van der Waals surface area contributed by atoms with Crippen LogP contribution in [0.4, 0.5) is 0 Å². The molecule has 6 heteroatoms. The number of esters is 1. The summed E-state index contributed by atoms with van der Waals surface area (Å²) in [5, 5.41) is 14.0. The number of rotatable bonds is 7. The van der Waals surface area contributed by atoms with Crippen LogP contribution in [0.3, 0.4) is 0 Å². The second-order valence-electron chi connectivity index (χ2n) is 3.64. The maximum Gasteiger partial charge on any atom is 0.325 e. The molecular weight excluding hydrogens is 234 g/mol. The molecule has 2 N–H and O–H groups in total. The van der Waals surface area contributed by atoms with E-state index in [2.05, 4.69) is 15.4 Å². The monoisotopic (exact) mass is 253 g/mol. The second kappa shape index (κ2) is 9.05. The van der Waals surface area contributed by atoms with Crippen molar-refractivity contribution in [3.05, 3.63) is 11.8 Å². The van der Waals surface area contributed by atoms with E-state index in [0.717, 1.165) is 6.42 Å². The number of amides is 1. The molecule has 0 bridgehead atoms. The van der Waals surface area contributed by atoms with Gasteiger partial charge in [-0.05, 0) is 20.3 Å². The normalized spacial score (nSPS) is 12.2. The lowest BCUT2D eigenvalue weighted by Crippen LogP contribution is -2.33. The molecule has 0 aliphatic heterocycles. The first kappa shape index (κ1) is 16.0. The first-order chi connectivity index (χ1) is 8.54. The molecule has 0 rings (SSSR count). The van der Waals surface area contributed by atoms with Gasteiger partial charge in [-0.25, -0.2) is 0 Å². The summed E-state index contributed by atoms with van der Waals surface area (Å²) in [5.74, 6) is -0.892. The minimum absolute atomic E-state index is 0.000642. The van der Waals surface area contributed by atoms with Crippen molar-refractivity contribution in [2.75, 3.05) is 13.2 Å². The molecule has 0 spiro atoms. The summed E-state index contributed by atoms with van der Waals surface area (Å²) in [4.78, 5) is 22.6. The molecule has 100 valence electrons. The molecular formula is C12H19N3O3. The average molecular weight is 253 g/mol. The van der Waals surface area contributed by atoms with Crippen LogP contribution >= 0.6 is 0 Å². The van der Waals surface area contributed by atoms with E-state index in [-0.39, 0.29) is 18.2 Å². The summed E-state index contributed by atoms with van der Waals surface area (Å²) in [6, 6.07) is 1.77. The molecule has 18 heavy (non-hydrogen) atoms. The van der Waals surface area contributed by atoms with Crippen LogP contribution in [0.1, 0.15) is 27.2 Å². The third-order valence-electron chi connectivity index (χ3n) is 2.15. The van der Waals surface area contributed by atoms with Crippen LogP contribution in [0.2, 0.25) is 0 Å². The van der Waals surface area contributed by atoms with Gasteiger partial charge in [-0.2, -0.15) is 5.26 Å². The molecule has 0 aromatic carbocycles. The van der Waals surface area contributed by atoms with E-state index in [1.807, 2.05) is 13.8 Å². The van der Waals surface area contributed by atoms with Gasteiger partial charge < -0.3 is 15.4 Å². The number of hydrogen-bond donors (Lipinski definition) is 2. The quantitative estimate of drug-likeness (QED) is 0.391. The highest BCUT2D eigenvalue weighted by Crippen LogP contribution is 1.94. The van der Waals surface area contributed by atoms with E-state index >= 15 is 0 Å². The number of nitriles is 1. The number of ether oxygens (including phenoxy) is 1. The fraction of sp³-hybridized carbons (Fsp3) is 0.583. The van der Waals surface area contributed by atoms with Gasteiger partial charge >= 0.3 is 5.97 Å².